The van der Waals surface area contributed by atoms with Crippen molar-refractivity contribution in [1.82, 2.24) is 5.32 Å². The predicted molar refractivity (Wildman–Crippen MR) is 73.5 cm³/mol. The van der Waals surface area contributed by atoms with E-state index in [2.05, 4.69) is 5.32 Å². The van der Waals surface area contributed by atoms with E-state index in [-0.39, 0.29) is 17.4 Å². The molecule has 19 heavy (non-hydrogen) atoms. The molecule has 0 aliphatic carbocycles. The molecule has 1 atom stereocenters. The van der Waals surface area contributed by atoms with Gasteiger partial charge in [0.1, 0.15) is 0 Å². The van der Waals surface area contributed by atoms with Crippen molar-refractivity contribution >= 4 is 21.7 Å². The third-order valence-electron chi connectivity index (χ3n) is 2.48. The maximum atomic E-state index is 12.0. The highest BCUT2D eigenvalue weighted by Gasteiger charge is 2.17. The Morgan fingerprint density at radius 2 is 2.11 bits per heavy atom. The summed E-state index contributed by atoms with van der Waals surface area (Å²) in [6.07, 6.45) is 1.68. The Morgan fingerprint density at radius 3 is 2.63 bits per heavy atom. The van der Waals surface area contributed by atoms with Crippen molar-refractivity contribution in [3.63, 3.8) is 0 Å². The van der Waals surface area contributed by atoms with Gasteiger partial charge in [-0.05, 0) is 25.5 Å². The first-order chi connectivity index (χ1) is 8.73. The Bertz CT molecular complexity index is 569. The zero-order valence-electron chi connectivity index (χ0n) is 11.1. The Labute approximate surface area is 113 Å². The van der Waals surface area contributed by atoms with Crippen molar-refractivity contribution in [3.05, 3.63) is 23.8 Å². The average molecular weight is 286 g/mol. The molecule has 0 saturated carbocycles. The molecule has 7 heteroatoms. The smallest absolute Gasteiger partial charge is 0.306 e. The molecule has 1 aromatic carbocycles. The summed E-state index contributed by atoms with van der Waals surface area (Å²) >= 11 is 0. The minimum atomic E-state index is -3.72. The summed E-state index contributed by atoms with van der Waals surface area (Å²) in [7, 11) is -3.72. The maximum absolute atomic E-state index is 12.0. The van der Waals surface area contributed by atoms with Crippen LogP contribution in [-0.2, 0) is 10.1 Å². The molecule has 1 amide bonds. The van der Waals surface area contributed by atoms with Crippen molar-refractivity contribution < 1.29 is 17.4 Å². The van der Waals surface area contributed by atoms with Gasteiger partial charge in [-0.3, -0.25) is 4.79 Å². The summed E-state index contributed by atoms with van der Waals surface area (Å²) in [5, 5.41) is 2.74. The van der Waals surface area contributed by atoms with E-state index >= 15 is 0 Å². The lowest BCUT2D eigenvalue weighted by Gasteiger charge is -2.14. The molecule has 0 aliphatic heterocycles. The number of anilines is 1. The van der Waals surface area contributed by atoms with Gasteiger partial charge in [-0.2, -0.15) is 8.42 Å². The normalized spacial score (nSPS) is 12.8. The second-order valence-corrected chi connectivity index (χ2v) is 5.90. The summed E-state index contributed by atoms with van der Waals surface area (Å²) < 4.78 is 27.1. The molecule has 1 rings (SSSR count). The molecule has 1 aromatic rings. The van der Waals surface area contributed by atoms with Gasteiger partial charge in [-0.1, -0.05) is 6.92 Å². The number of nitrogens with two attached hydrogens (primary N) is 1. The van der Waals surface area contributed by atoms with Gasteiger partial charge in [0.25, 0.3) is 5.91 Å². The molecule has 3 N–H and O–H groups in total. The van der Waals surface area contributed by atoms with E-state index in [4.69, 9.17) is 9.92 Å². The van der Waals surface area contributed by atoms with Crippen LogP contribution in [0.1, 0.15) is 30.6 Å². The lowest BCUT2D eigenvalue weighted by Crippen LogP contribution is -2.32. The highest BCUT2D eigenvalue weighted by Crippen LogP contribution is 2.23. The van der Waals surface area contributed by atoms with Gasteiger partial charge in [0.2, 0.25) is 0 Å². The number of rotatable bonds is 5. The van der Waals surface area contributed by atoms with E-state index in [0.29, 0.717) is 5.69 Å². The van der Waals surface area contributed by atoms with Crippen LogP contribution in [0.2, 0.25) is 0 Å². The summed E-state index contributed by atoms with van der Waals surface area (Å²) in [5.41, 5.74) is 6.02. The molecular weight excluding hydrogens is 268 g/mol. The van der Waals surface area contributed by atoms with Crippen molar-refractivity contribution in [2.24, 2.45) is 0 Å². The zero-order valence-corrected chi connectivity index (χ0v) is 12.0. The van der Waals surface area contributed by atoms with Gasteiger partial charge in [0.15, 0.2) is 5.75 Å². The lowest BCUT2D eigenvalue weighted by molar-refractivity contribution is 0.0938. The Morgan fingerprint density at radius 1 is 1.47 bits per heavy atom. The van der Waals surface area contributed by atoms with Gasteiger partial charge < -0.3 is 15.2 Å². The molecule has 0 saturated heterocycles. The van der Waals surface area contributed by atoms with E-state index < -0.39 is 16.0 Å². The average Bonchev–Trinajstić information content (AvgIpc) is 2.26. The van der Waals surface area contributed by atoms with E-state index in [9.17, 15) is 13.2 Å². The molecule has 1 unspecified atom stereocenters. The summed E-state index contributed by atoms with van der Waals surface area (Å²) in [6, 6.07) is 4.25. The van der Waals surface area contributed by atoms with Gasteiger partial charge in [0, 0.05) is 17.8 Å². The number of carbonyl (C=O) groups excluding carboxylic acids is 1. The first-order valence-electron chi connectivity index (χ1n) is 5.82. The predicted octanol–water partition coefficient (Wildman–Crippen LogP) is 1.14. The number of hydrogen-bond acceptors (Lipinski definition) is 5. The molecule has 0 radical (unpaired) electrons. The van der Waals surface area contributed by atoms with Crippen LogP contribution in [0, 0.1) is 0 Å². The van der Waals surface area contributed by atoms with E-state index in [1.54, 1.807) is 0 Å². The Kier molecular flexibility index (Phi) is 4.77. The van der Waals surface area contributed by atoms with Crippen LogP contribution >= 0.6 is 0 Å². The quantitative estimate of drug-likeness (QED) is 0.624. The number of amides is 1. The van der Waals surface area contributed by atoms with E-state index in [0.717, 1.165) is 12.7 Å². The molecule has 0 bridgehead atoms. The largest absolute Gasteiger partial charge is 0.399 e. The monoisotopic (exact) mass is 286 g/mol. The van der Waals surface area contributed by atoms with E-state index in [1.807, 2.05) is 13.8 Å². The number of nitrogens with one attached hydrogen (secondary N) is 1. The molecule has 0 fully saturated rings. The van der Waals surface area contributed by atoms with Gasteiger partial charge in [-0.25, -0.2) is 0 Å². The molecule has 0 spiro atoms. The summed E-state index contributed by atoms with van der Waals surface area (Å²) in [5.74, 6) is -0.462. The fraction of sp³-hybridized carbons (Fsp3) is 0.417. The molecule has 0 aromatic heterocycles. The third kappa shape index (κ3) is 4.78. The highest BCUT2D eigenvalue weighted by atomic mass is 32.2. The zero-order chi connectivity index (χ0) is 14.6. The van der Waals surface area contributed by atoms with E-state index in [1.165, 1.54) is 18.2 Å². The molecule has 0 aliphatic rings. The van der Waals surface area contributed by atoms with Gasteiger partial charge >= 0.3 is 10.1 Å². The Hall–Kier alpha value is -1.76. The van der Waals surface area contributed by atoms with Crippen LogP contribution < -0.4 is 15.2 Å². The second kappa shape index (κ2) is 5.92. The molecule has 6 nitrogen and oxygen atoms in total. The summed E-state index contributed by atoms with van der Waals surface area (Å²) in [4.78, 5) is 12.0. The fourth-order valence-corrected chi connectivity index (χ4v) is 1.83. The number of nitrogen functional groups attached to an aromatic ring is 1. The Balaban J connectivity index is 3.09. The number of benzene rings is 1. The van der Waals surface area contributed by atoms with Crippen LogP contribution in [0.5, 0.6) is 5.75 Å². The van der Waals surface area contributed by atoms with Crippen molar-refractivity contribution in [3.8, 4) is 5.75 Å². The first-order valence-corrected chi connectivity index (χ1v) is 7.64. The SMILES string of the molecule is CCC(C)NC(=O)c1ccc(N)cc1OS(C)(=O)=O. The minimum absolute atomic E-state index is 0.0175. The molecule has 106 valence electrons. The van der Waals surface area contributed by atoms with Crippen LogP contribution in [-0.4, -0.2) is 26.6 Å². The number of hydrogen-bond donors (Lipinski definition) is 2. The molecule has 0 heterocycles. The topological polar surface area (TPSA) is 98.5 Å². The van der Waals surface area contributed by atoms with Crippen molar-refractivity contribution in [2.45, 2.75) is 26.3 Å². The summed E-state index contributed by atoms with van der Waals surface area (Å²) in [6.45, 7) is 3.79. The van der Waals surface area contributed by atoms with Gasteiger partial charge in [-0.15, -0.1) is 0 Å². The van der Waals surface area contributed by atoms with Crippen LogP contribution in [0.25, 0.3) is 0 Å². The van der Waals surface area contributed by atoms with Crippen LogP contribution in [0.4, 0.5) is 5.69 Å². The fourth-order valence-electron chi connectivity index (χ4n) is 1.36. The number of carbonyl (C=O) groups is 1. The third-order valence-corrected chi connectivity index (χ3v) is 2.96. The lowest BCUT2D eigenvalue weighted by atomic mass is 10.1. The molecular formula is C12H18N2O4S. The van der Waals surface area contributed by atoms with Crippen LogP contribution in [0.3, 0.4) is 0 Å². The second-order valence-electron chi connectivity index (χ2n) is 4.33. The van der Waals surface area contributed by atoms with Gasteiger partial charge in [0.05, 0.1) is 11.8 Å². The minimum Gasteiger partial charge on any atom is -0.399 e. The standard InChI is InChI=1S/C12H18N2O4S/c1-4-8(2)14-12(15)10-6-5-9(13)7-11(10)18-19(3,16)17/h5-8H,4,13H2,1-3H3,(H,14,15). The van der Waals surface area contributed by atoms with Crippen molar-refractivity contribution in [1.29, 1.82) is 0 Å². The van der Waals surface area contributed by atoms with Crippen molar-refractivity contribution in [2.75, 3.05) is 12.0 Å². The highest BCUT2D eigenvalue weighted by molar-refractivity contribution is 7.86. The first kappa shape index (κ1) is 15.3. The maximum Gasteiger partial charge on any atom is 0.306 e. The van der Waals surface area contributed by atoms with Crippen LogP contribution in [0.15, 0.2) is 18.2 Å².